The third kappa shape index (κ3) is 2.04. The molecule has 4 heteroatoms. The largest absolute Gasteiger partial charge is 0.306 e. The fourth-order valence-corrected chi connectivity index (χ4v) is 1.94. The summed E-state index contributed by atoms with van der Waals surface area (Å²) >= 11 is 0. The molecule has 1 atom stereocenters. The first-order valence-corrected chi connectivity index (χ1v) is 5.37. The maximum absolute atomic E-state index is 11.8. The van der Waals surface area contributed by atoms with Gasteiger partial charge in [-0.25, -0.2) is 0 Å². The average Bonchev–Trinajstić information content (AvgIpc) is 2.82. The molecule has 0 unspecified atom stereocenters. The summed E-state index contributed by atoms with van der Waals surface area (Å²) in [6.45, 7) is 4.91. The number of nitrogens with one attached hydrogen (secondary N) is 2. The maximum Gasteiger partial charge on any atom is 0.255 e. The molecule has 0 radical (unpaired) electrons. The van der Waals surface area contributed by atoms with E-state index in [1.807, 2.05) is 30.7 Å². The lowest BCUT2D eigenvalue weighted by molar-refractivity contribution is -0.118. The zero-order chi connectivity index (χ0) is 10.8. The van der Waals surface area contributed by atoms with Crippen molar-refractivity contribution in [3.63, 3.8) is 0 Å². The van der Waals surface area contributed by atoms with Crippen LogP contribution >= 0.6 is 0 Å². The minimum atomic E-state index is -0.0220. The van der Waals surface area contributed by atoms with Crippen molar-refractivity contribution in [2.24, 2.45) is 0 Å². The number of hydrogen-bond acceptors (Lipinski definition) is 2. The summed E-state index contributed by atoms with van der Waals surface area (Å²) in [5.74, 6) is 0.0647. The van der Waals surface area contributed by atoms with Crippen molar-refractivity contribution in [2.45, 2.75) is 32.7 Å². The monoisotopic (exact) mass is 207 g/mol. The van der Waals surface area contributed by atoms with Gasteiger partial charge in [0.25, 0.3) is 5.91 Å². The lowest BCUT2D eigenvalue weighted by Gasteiger charge is -2.14. The van der Waals surface area contributed by atoms with E-state index in [1.54, 1.807) is 0 Å². The summed E-state index contributed by atoms with van der Waals surface area (Å²) in [6.07, 6.45) is 2.02. The van der Waals surface area contributed by atoms with Crippen LogP contribution in [0.4, 0.5) is 0 Å². The van der Waals surface area contributed by atoms with Gasteiger partial charge in [-0.2, -0.15) is 0 Å². The molecule has 1 aromatic heterocycles. The van der Waals surface area contributed by atoms with Crippen LogP contribution in [-0.4, -0.2) is 23.2 Å². The van der Waals surface area contributed by atoms with E-state index in [1.165, 1.54) is 0 Å². The van der Waals surface area contributed by atoms with Crippen molar-refractivity contribution in [1.82, 2.24) is 9.99 Å². The first-order chi connectivity index (χ1) is 7.18. The molecule has 0 saturated carbocycles. The normalized spacial score (nSPS) is 20.5. The van der Waals surface area contributed by atoms with Gasteiger partial charge in [0.2, 0.25) is 0 Å². The van der Waals surface area contributed by atoms with Crippen LogP contribution in [0.3, 0.4) is 0 Å². The van der Waals surface area contributed by atoms with Crippen molar-refractivity contribution in [1.29, 1.82) is 0 Å². The Balaban J connectivity index is 2.05. The Bertz CT molecular complexity index is 344. The van der Waals surface area contributed by atoms with Gasteiger partial charge < -0.3 is 5.32 Å². The van der Waals surface area contributed by atoms with Gasteiger partial charge in [-0.15, -0.1) is 0 Å². The van der Waals surface area contributed by atoms with Gasteiger partial charge >= 0.3 is 0 Å². The molecule has 2 heterocycles. The SMILES string of the molecule is Cc1ccc(C)n1NC(=O)[C@H]1CCCN1. The third-order valence-electron chi connectivity index (χ3n) is 2.87. The van der Waals surface area contributed by atoms with Gasteiger partial charge in [0, 0.05) is 11.4 Å². The number of rotatable bonds is 2. The number of hydrogen-bond donors (Lipinski definition) is 2. The number of carbonyl (C=O) groups excluding carboxylic acids is 1. The van der Waals surface area contributed by atoms with Gasteiger partial charge in [0.15, 0.2) is 0 Å². The highest BCUT2D eigenvalue weighted by molar-refractivity contribution is 5.89. The number of carbonyl (C=O) groups is 1. The molecule has 2 rings (SSSR count). The lowest BCUT2D eigenvalue weighted by Crippen LogP contribution is -2.39. The Morgan fingerprint density at radius 1 is 1.47 bits per heavy atom. The van der Waals surface area contributed by atoms with Crippen molar-refractivity contribution >= 4 is 5.91 Å². The van der Waals surface area contributed by atoms with E-state index < -0.39 is 0 Å². The number of aromatic nitrogens is 1. The highest BCUT2D eigenvalue weighted by Crippen LogP contribution is 2.08. The molecule has 2 N–H and O–H groups in total. The molecule has 0 spiro atoms. The molecule has 15 heavy (non-hydrogen) atoms. The Kier molecular flexibility index (Phi) is 2.77. The zero-order valence-electron chi connectivity index (χ0n) is 9.21. The van der Waals surface area contributed by atoms with Gasteiger partial charge in [0.05, 0.1) is 6.04 Å². The van der Waals surface area contributed by atoms with E-state index in [4.69, 9.17) is 0 Å². The molecule has 1 aromatic rings. The average molecular weight is 207 g/mol. The Hall–Kier alpha value is -1.29. The van der Waals surface area contributed by atoms with Gasteiger partial charge in [-0.05, 0) is 45.4 Å². The minimum absolute atomic E-state index is 0.0220. The van der Waals surface area contributed by atoms with E-state index >= 15 is 0 Å². The molecule has 1 aliphatic rings. The predicted octanol–water partition coefficient (Wildman–Crippen LogP) is 0.927. The fourth-order valence-electron chi connectivity index (χ4n) is 1.94. The molecule has 1 saturated heterocycles. The second-order valence-corrected chi connectivity index (χ2v) is 4.08. The zero-order valence-corrected chi connectivity index (χ0v) is 9.21. The van der Waals surface area contributed by atoms with Crippen LogP contribution in [0, 0.1) is 13.8 Å². The molecule has 0 aliphatic carbocycles. The first-order valence-electron chi connectivity index (χ1n) is 5.37. The smallest absolute Gasteiger partial charge is 0.255 e. The van der Waals surface area contributed by atoms with Gasteiger partial charge in [-0.1, -0.05) is 0 Å². The van der Waals surface area contributed by atoms with E-state index in [-0.39, 0.29) is 11.9 Å². The van der Waals surface area contributed by atoms with Crippen molar-refractivity contribution in [2.75, 3.05) is 12.0 Å². The molecule has 82 valence electrons. The summed E-state index contributed by atoms with van der Waals surface area (Å²) in [7, 11) is 0. The molecule has 0 aromatic carbocycles. The molecule has 1 amide bonds. The van der Waals surface area contributed by atoms with E-state index in [9.17, 15) is 4.79 Å². The lowest BCUT2D eigenvalue weighted by atomic mass is 10.2. The summed E-state index contributed by atoms with van der Waals surface area (Å²) in [5, 5.41) is 3.18. The minimum Gasteiger partial charge on any atom is -0.306 e. The van der Waals surface area contributed by atoms with Crippen LogP contribution in [0.1, 0.15) is 24.2 Å². The second-order valence-electron chi connectivity index (χ2n) is 4.08. The standard InChI is InChI=1S/C11H17N3O/c1-8-5-6-9(2)14(8)13-11(15)10-4-3-7-12-10/h5-6,10,12H,3-4,7H2,1-2H3,(H,13,15)/t10-/m1/s1. The second kappa shape index (κ2) is 4.06. The van der Waals surface area contributed by atoms with Crippen molar-refractivity contribution in [3.8, 4) is 0 Å². The van der Waals surface area contributed by atoms with Crippen molar-refractivity contribution in [3.05, 3.63) is 23.5 Å². The number of aryl methyl sites for hydroxylation is 2. The summed E-state index contributed by atoms with van der Waals surface area (Å²) < 4.78 is 1.84. The molecule has 0 bridgehead atoms. The quantitative estimate of drug-likeness (QED) is 0.757. The molecule has 1 fully saturated rings. The summed E-state index contributed by atoms with van der Waals surface area (Å²) in [4.78, 5) is 11.8. The van der Waals surface area contributed by atoms with E-state index in [0.717, 1.165) is 30.8 Å². The van der Waals surface area contributed by atoms with Crippen LogP contribution in [0.5, 0.6) is 0 Å². The van der Waals surface area contributed by atoms with Crippen LogP contribution in [0.2, 0.25) is 0 Å². The summed E-state index contributed by atoms with van der Waals surface area (Å²) in [6, 6.07) is 3.97. The van der Waals surface area contributed by atoms with Crippen LogP contribution in [0.25, 0.3) is 0 Å². The van der Waals surface area contributed by atoms with Gasteiger partial charge in [-0.3, -0.25) is 14.9 Å². The Morgan fingerprint density at radius 3 is 2.67 bits per heavy atom. The topological polar surface area (TPSA) is 46.1 Å². The maximum atomic E-state index is 11.8. The van der Waals surface area contributed by atoms with Crippen molar-refractivity contribution < 1.29 is 4.79 Å². The third-order valence-corrected chi connectivity index (χ3v) is 2.87. The molecular weight excluding hydrogens is 190 g/mol. The van der Waals surface area contributed by atoms with Crippen LogP contribution in [-0.2, 0) is 4.79 Å². The van der Waals surface area contributed by atoms with E-state index in [0.29, 0.717) is 0 Å². The molecule has 4 nitrogen and oxygen atoms in total. The van der Waals surface area contributed by atoms with Gasteiger partial charge in [0.1, 0.15) is 0 Å². The number of nitrogens with zero attached hydrogens (tertiary/aromatic N) is 1. The van der Waals surface area contributed by atoms with Crippen LogP contribution in [0.15, 0.2) is 12.1 Å². The molecule has 1 aliphatic heterocycles. The molecular formula is C11H17N3O. The highest BCUT2D eigenvalue weighted by Gasteiger charge is 2.22. The van der Waals surface area contributed by atoms with Crippen LogP contribution < -0.4 is 10.7 Å². The highest BCUT2D eigenvalue weighted by atomic mass is 16.2. The summed E-state index contributed by atoms with van der Waals surface area (Å²) in [5.41, 5.74) is 5.02. The number of amides is 1. The van der Waals surface area contributed by atoms with E-state index in [2.05, 4.69) is 10.7 Å². The fraction of sp³-hybridized carbons (Fsp3) is 0.545. The predicted molar refractivity (Wildman–Crippen MR) is 59.3 cm³/mol. The first kappa shape index (κ1) is 10.2. The Labute approximate surface area is 89.6 Å². The Morgan fingerprint density at radius 2 is 2.13 bits per heavy atom.